The second-order valence-corrected chi connectivity index (χ2v) is 5.32. The summed E-state index contributed by atoms with van der Waals surface area (Å²) in [5.41, 5.74) is 10.2. The van der Waals surface area contributed by atoms with E-state index < -0.39 is 0 Å². The highest BCUT2D eigenvalue weighted by Crippen LogP contribution is 2.20. The molecule has 0 aromatic heterocycles. The largest absolute Gasteiger partial charge is 0.494 e. The van der Waals surface area contributed by atoms with Gasteiger partial charge in [0.25, 0.3) is 0 Å². The minimum absolute atomic E-state index is 0.0895. The molecule has 0 aliphatic heterocycles. The third-order valence-corrected chi connectivity index (χ3v) is 3.77. The Hall–Kier alpha value is -1.80. The summed E-state index contributed by atoms with van der Waals surface area (Å²) in [6.07, 6.45) is 2.98. The summed E-state index contributed by atoms with van der Waals surface area (Å²) < 4.78 is 5.53. The molecule has 2 aromatic carbocycles. The average molecular weight is 283 g/mol. The fourth-order valence-electron chi connectivity index (χ4n) is 2.45. The van der Waals surface area contributed by atoms with Gasteiger partial charge in [-0.1, -0.05) is 43.3 Å². The third kappa shape index (κ3) is 4.61. The van der Waals surface area contributed by atoms with E-state index in [1.165, 1.54) is 16.7 Å². The van der Waals surface area contributed by atoms with Gasteiger partial charge >= 0.3 is 0 Å². The highest BCUT2D eigenvalue weighted by atomic mass is 16.5. The third-order valence-electron chi connectivity index (χ3n) is 3.77. The Balaban J connectivity index is 1.93. The molecule has 21 heavy (non-hydrogen) atoms. The maximum atomic E-state index is 6.30. The van der Waals surface area contributed by atoms with Gasteiger partial charge in [0.2, 0.25) is 0 Å². The molecule has 0 aliphatic carbocycles. The van der Waals surface area contributed by atoms with Gasteiger partial charge < -0.3 is 10.5 Å². The van der Waals surface area contributed by atoms with E-state index >= 15 is 0 Å². The van der Waals surface area contributed by atoms with Crippen LogP contribution in [0.1, 0.15) is 43.0 Å². The highest BCUT2D eigenvalue weighted by Gasteiger charge is 2.06. The molecular formula is C19H25NO. The first-order chi connectivity index (χ1) is 10.2. The Morgan fingerprint density at radius 3 is 2.43 bits per heavy atom. The molecule has 2 nitrogen and oxygen atoms in total. The van der Waals surface area contributed by atoms with Crippen LogP contribution in [-0.2, 0) is 12.8 Å². The van der Waals surface area contributed by atoms with Crippen molar-refractivity contribution in [1.82, 2.24) is 0 Å². The summed E-state index contributed by atoms with van der Waals surface area (Å²) in [6.45, 7) is 4.87. The van der Waals surface area contributed by atoms with E-state index in [1.807, 2.05) is 19.1 Å². The minimum Gasteiger partial charge on any atom is -0.494 e. The standard InChI is InChI=1S/C19H25NO/c1-3-15-8-11-17(12-9-15)19(20)13-10-16-6-5-7-18(14-16)21-4-2/h5-9,11-12,14,19H,3-4,10,13,20H2,1-2H3. The van der Waals surface area contributed by atoms with Gasteiger partial charge in [0.1, 0.15) is 5.75 Å². The van der Waals surface area contributed by atoms with Gasteiger partial charge in [-0.15, -0.1) is 0 Å². The van der Waals surface area contributed by atoms with Crippen LogP contribution in [0.2, 0.25) is 0 Å². The van der Waals surface area contributed by atoms with Crippen LogP contribution >= 0.6 is 0 Å². The molecule has 0 fully saturated rings. The molecule has 0 spiro atoms. The molecule has 0 aliphatic rings. The first-order valence-electron chi connectivity index (χ1n) is 7.79. The van der Waals surface area contributed by atoms with E-state index in [4.69, 9.17) is 10.5 Å². The van der Waals surface area contributed by atoms with Gasteiger partial charge in [0.05, 0.1) is 6.61 Å². The fourth-order valence-corrected chi connectivity index (χ4v) is 2.45. The zero-order valence-electron chi connectivity index (χ0n) is 13.0. The summed E-state index contributed by atoms with van der Waals surface area (Å²) in [4.78, 5) is 0. The van der Waals surface area contributed by atoms with Gasteiger partial charge in [-0.05, 0) is 55.0 Å². The maximum absolute atomic E-state index is 6.30. The smallest absolute Gasteiger partial charge is 0.119 e. The Morgan fingerprint density at radius 1 is 1.00 bits per heavy atom. The van der Waals surface area contributed by atoms with Crippen LogP contribution in [0.4, 0.5) is 0 Å². The van der Waals surface area contributed by atoms with E-state index in [2.05, 4.69) is 43.3 Å². The van der Waals surface area contributed by atoms with Gasteiger partial charge in [0.15, 0.2) is 0 Å². The molecule has 0 saturated carbocycles. The van der Waals surface area contributed by atoms with Crippen molar-refractivity contribution in [2.24, 2.45) is 5.73 Å². The first kappa shape index (κ1) is 15.6. The second-order valence-electron chi connectivity index (χ2n) is 5.32. The van der Waals surface area contributed by atoms with Crippen molar-refractivity contribution in [3.8, 4) is 5.75 Å². The van der Waals surface area contributed by atoms with Crippen LogP contribution in [0.5, 0.6) is 5.75 Å². The number of benzene rings is 2. The van der Waals surface area contributed by atoms with E-state index in [-0.39, 0.29) is 6.04 Å². The van der Waals surface area contributed by atoms with Crippen LogP contribution in [-0.4, -0.2) is 6.61 Å². The quantitative estimate of drug-likeness (QED) is 0.823. The molecule has 0 bridgehead atoms. The van der Waals surface area contributed by atoms with E-state index in [0.29, 0.717) is 6.61 Å². The number of hydrogen-bond acceptors (Lipinski definition) is 2. The topological polar surface area (TPSA) is 35.2 Å². The number of aryl methyl sites for hydroxylation is 2. The van der Waals surface area contributed by atoms with Crippen molar-refractivity contribution < 1.29 is 4.74 Å². The van der Waals surface area contributed by atoms with E-state index in [9.17, 15) is 0 Å². The Kier molecular flexibility index (Phi) is 5.82. The van der Waals surface area contributed by atoms with Crippen LogP contribution in [0.25, 0.3) is 0 Å². The Labute approximate surface area is 127 Å². The number of ether oxygens (including phenoxy) is 1. The summed E-state index contributed by atoms with van der Waals surface area (Å²) in [5.74, 6) is 0.941. The van der Waals surface area contributed by atoms with Crippen molar-refractivity contribution in [2.45, 2.75) is 39.2 Å². The van der Waals surface area contributed by atoms with Crippen molar-refractivity contribution in [3.63, 3.8) is 0 Å². The minimum atomic E-state index is 0.0895. The zero-order valence-corrected chi connectivity index (χ0v) is 13.0. The van der Waals surface area contributed by atoms with E-state index in [1.54, 1.807) is 0 Å². The first-order valence-corrected chi connectivity index (χ1v) is 7.79. The molecule has 0 amide bonds. The van der Waals surface area contributed by atoms with Gasteiger partial charge in [-0.25, -0.2) is 0 Å². The lowest BCUT2D eigenvalue weighted by atomic mass is 9.98. The van der Waals surface area contributed by atoms with Crippen molar-refractivity contribution in [2.75, 3.05) is 6.61 Å². The predicted molar refractivity (Wildman–Crippen MR) is 88.7 cm³/mol. The molecule has 2 heteroatoms. The average Bonchev–Trinajstić information content (AvgIpc) is 2.53. The summed E-state index contributed by atoms with van der Waals surface area (Å²) >= 11 is 0. The van der Waals surface area contributed by atoms with Crippen LogP contribution in [0.3, 0.4) is 0 Å². The monoisotopic (exact) mass is 283 g/mol. The molecule has 2 aromatic rings. The molecule has 1 unspecified atom stereocenters. The second kappa shape index (κ2) is 7.84. The molecule has 0 heterocycles. The zero-order chi connectivity index (χ0) is 15.1. The van der Waals surface area contributed by atoms with Crippen molar-refractivity contribution in [3.05, 3.63) is 65.2 Å². The molecule has 2 rings (SSSR count). The molecule has 1 atom stereocenters. The molecular weight excluding hydrogens is 258 g/mol. The molecule has 112 valence electrons. The van der Waals surface area contributed by atoms with Gasteiger partial charge in [-0.2, -0.15) is 0 Å². The lowest BCUT2D eigenvalue weighted by Gasteiger charge is -2.13. The number of hydrogen-bond donors (Lipinski definition) is 1. The normalized spacial score (nSPS) is 12.1. The highest BCUT2D eigenvalue weighted by molar-refractivity contribution is 5.29. The Morgan fingerprint density at radius 2 is 1.76 bits per heavy atom. The SMILES string of the molecule is CCOc1cccc(CCC(N)c2ccc(CC)cc2)c1. The van der Waals surface area contributed by atoms with Crippen molar-refractivity contribution in [1.29, 1.82) is 0 Å². The maximum Gasteiger partial charge on any atom is 0.119 e. The van der Waals surface area contributed by atoms with Gasteiger partial charge in [-0.3, -0.25) is 0 Å². The molecule has 2 N–H and O–H groups in total. The molecule has 0 radical (unpaired) electrons. The fraction of sp³-hybridized carbons (Fsp3) is 0.368. The number of nitrogens with two attached hydrogens (primary N) is 1. The summed E-state index contributed by atoms with van der Waals surface area (Å²) in [5, 5.41) is 0. The Bertz CT molecular complexity index is 548. The van der Waals surface area contributed by atoms with Crippen LogP contribution in [0, 0.1) is 0 Å². The molecule has 0 saturated heterocycles. The summed E-state index contributed by atoms with van der Waals surface area (Å²) in [7, 11) is 0. The van der Waals surface area contributed by atoms with Crippen LogP contribution in [0.15, 0.2) is 48.5 Å². The van der Waals surface area contributed by atoms with Crippen LogP contribution < -0.4 is 10.5 Å². The predicted octanol–water partition coefficient (Wildman–Crippen LogP) is 4.28. The lowest BCUT2D eigenvalue weighted by molar-refractivity contribution is 0.340. The lowest BCUT2D eigenvalue weighted by Crippen LogP contribution is -2.11. The number of rotatable bonds is 7. The van der Waals surface area contributed by atoms with Crippen molar-refractivity contribution >= 4 is 0 Å². The van der Waals surface area contributed by atoms with Gasteiger partial charge in [0, 0.05) is 6.04 Å². The van der Waals surface area contributed by atoms with E-state index in [0.717, 1.165) is 25.0 Å². The summed E-state index contributed by atoms with van der Waals surface area (Å²) in [6, 6.07) is 17.0.